The number of rotatable bonds is 7. The molecule has 13 heteroatoms. The quantitative estimate of drug-likeness (QED) is 0.320. The summed E-state index contributed by atoms with van der Waals surface area (Å²) in [6.45, 7) is 0.620. The van der Waals surface area contributed by atoms with Crippen LogP contribution in [-0.2, 0) is 25.9 Å². The lowest BCUT2D eigenvalue weighted by Gasteiger charge is -2.45. The molecule has 0 bridgehead atoms. The van der Waals surface area contributed by atoms with Crippen LogP contribution in [-0.4, -0.2) is 56.8 Å². The maximum absolute atomic E-state index is 15.2. The van der Waals surface area contributed by atoms with Crippen molar-refractivity contribution in [2.75, 3.05) is 31.6 Å². The van der Waals surface area contributed by atoms with Gasteiger partial charge in [0.25, 0.3) is 5.60 Å². The summed E-state index contributed by atoms with van der Waals surface area (Å²) in [5.41, 5.74) is -4.42. The summed E-state index contributed by atoms with van der Waals surface area (Å²) in [4.78, 5) is 6.71. The highest BCUT2D eigenvalue weighted by Crippen LogP contribution is 2.50. The molecule has 1 unspecified atom stereocenters. The summed E-state index contributed by atoms with van der Waals surface area (Å²) in [6.07, 6.45) is -4.10. The van der Waals surface area contributed by atoms with Crippen LogP contribution in [0.3, 0.4) is 0 Å². The average Bonchev–Trinajstić information content (AvgIpc) is 3.22. The Morgan fingerprint density at radius 3 is 2.19 bits per heavy atom. The van der Waals surface area contributed by atoms with Gasteiger partial charge in [-0.15, -0.1) is 0 Å². The summed E-state index contributed by atoms with van der Waals surface area (Å²) >= 11 is 11.4. The monoisotopic (exact) mass is 570 g/mol. The molecule has 36 heavy (non-hydrogen) atoms. The van der Waals surface area contributed by atoms with E-state index in [1.807, 2.05) is 0 Å². The normalized spacial score (nSPS) is 22.2. The molecule has 1 saturated heterocycles. The summed E-state index contributed by atoms with van der Waals surface area (Å²) < 4.78 is 94.0. The lowest BCUT2D eigenvalue weighted by Crippen LogP contribution is -2.56. The van der Waals surface area contributed by atoms with Crippen molar-refractivity contribution in [3.05, 3.63) is 69.0 Å². The SMILES string of the molecule is CS(=O)(=O)CCCN1CC(F)(c2ccc(C3=NOC(c4cc(Cl)c(F)c(Cl)c4)(C(F)(F)F)C3)cc2)C1. The minimum Gasteiger partial charge on any atom is -0.374 e. The van der Waals surface area contributed by atoms with Crippen molar-refractivity contribution in [1.29, 1.82) is 0 Å². The molecule has 1 atom stereocenters. The van der Waals surface area contributed by atoms with Gasteiger partial charge in [-0.3, -0.25) is 4.90 Å². The van der Waals surface area contributed by atoms with Crippen LogP contribution in [0.25, 0.3) is 0 Å². The number of alkyl halides is 4. The van der Waals surface area contributed by atoms with Crippen LogP contribution in [0.2, 0.25) is 10.0 Å². The highest BCUT2D eigenvalue weighted by atomic mass is 35.5. The van der Waals surface area contributed by atoms with Crippen LogP contribution < -0.4 is 0 Å². The van der Waals surface area contributed by atoms with E-state index in [1.54, 1.807) is 4.90 Å². The number of hydrogen-bond acceptors (Lipinski definition) is 5. The molecule has 2 aromatic carbocycles. The van der Waals surface area contributed by atoms with Gasteiger partial charge in [0.15, 0.2) is 11.5 Å². The molecule has 0 saturated carbocycles. The van der Waals surface area contributed by atoms with Gasteiger partial charge in [-0.2, -0.15) is 13.2 Å². The first-order valence-electron chi connectivity index (χ1n) is 10.8. The Kier molecular flexibility index (Phi) is 7.09. The number of nitrogens with zero attached hydrogens (tertiary/aromatic N) is 2. The summed E-state index contributed by atoms with van der Waals surface area (Å²) in [7, 11) is -3.08. The predicted octanol–water partition coefficient (Wildman–Crippen LogP) is 5.63. The fourth-order valence-corrected chi connectivity index (χ4v) is 5.50. The second-order valence-electron chi connectivity index (χ2n) is 9.12. The first-order chi connectivity index (χ1) is 16.6. The zero-order valence-electron chi connectivity index (χ0n) is 18.9. The highest BCUT2D eigenvalue weighted by Gasteiger charge is 2.62. The number of benzene rings is 2. The lowest BCUT2D eigenvalue weighted by molar-refractivity contribution is -0.275. The minimum atomic E-state index is -4.93. The Morgan fingerprint density at radius 1 is 1.08 bits per heavy atom. The van der Waals surface area contributed by atoms with E-state index in [2.05, 4.69) is 5.16 Å². The van der Waals surface area contributed by atoms with Crippen LogP contribution in [0.4, 0.5) is 22.0 Å². The fourth-order valence-electron chi connectivity index (χ4n) is 4.36. The van der Waals surface area contributed by atoms with E-state index in [0.29, 0.717) is 24.1 Å². The molecule has 2 heterocycles. The zero-order chi connectivity index (χ0) is 26.5. The molecule has 2 aromatic rings. The molecule has 0 aromatic heterocycles. The smallest absolute Gasteiger partial charge is 0.374 e. The zero-order valence-corrected chi connectivity index (χ0v) is 21.2. The molecule has 5 nitrogen and oxygen atoms in total. The number of sulfone groups is 1. The molecular formula is C23H21Cl2F5N2O3S. The molecular weight excluding hydrogens is 550 g/mol. The number of halogens is 7. The van der Waals surface area contributed by atoms with E-state index in [9.17, 15) is 26.0 Å². The van der Waals surface area contributed by atoms with Gasteiger partial charge >= 0.3 is 6.18 Å². The second kappa shape index (κ2) is 9.41. The van der Waals surface area contributed by atoms with Gasteiger partial charge in [0.1, 0.15) is 9.84 Å². The standard InChI is InChI=1S/C23H21Cl2F5N2O3S/c1-36(33,34)8-2-7-32-12-21(27,13-32)15-5-3-14(4-6-15)19-11-22(35-31-19,23(28,29)30)16-9-17(24)20(26)18(25)10-16/h3-6,9-10H,2,7-8,11-13H2,1H3. The largest absolute Gasteiger partial charge is 0.435 e. The maximum atomic E-state index is 15.2. The van der Waals surface area contributed by atoms with Crippen LogP contribution in [0.5, 0.6) is 0 Å². The first kappa shape index (κ1) is 27.1. The molecule has 1 fully saturated rings. The molecule has 0 radical (unpaired) electrons. The van der Waals surface area contributed by atoms with Gasteiger partial charge in [0.2, 0.25) is 0 Å². The summed E-state index contributed by atoms with van der Waals surface area (Å²) in [6, 6.07) is 7.49. The highest BCUT2D eigenvalue weighted by molar-refractivity contribution is 7.90. The Balaban J connectivity index is 1.47. The van der Waals surface area contributed by atoms with Crippen LogP contribution in [0, 0.1) is 5.82 Å². The molecule has 2 aliphatic rings. The van der Waals surface area contributed by atoms with Crippen molar-refractivity contribution in [2.24, 2.45) is 5.16 Å². The van der Waals surface area contributed by atoms with E-state index in [0.717, 1.165) is 18.4 Å². The summed E-state index contributed by atoms with van der Waals surface area (Å²) in [5, 5.41) is 2.48. The molecule has 0 spiro atoms. The topological polar surface area (TPSA) is 59.0 Å². The van der Waals surface area contributed by atoms with Crippen molar-refractivity contribution in [3.63, 3.8) is 0 Å². The lowest BCUT2D eigenvalue weighted by atomic mass is 9.84. The Hall–Kier alpha value is -1.95. The Bertz CT molecular complexity index is 1270. The van der Waals surface area contributed by atoms with Crippen molar-refractivity contribution >= 4 is 38.8 Å². The van der Waals surface area contributed by atoms with E-state index in [4.69, 9.17) is 28.0 Å². The van der Waals surface area contributed by atoms with Gasteiger partial charge in [-0.1, -0.05) is 52.6 Å². The van der Waals surface area contributed by atoms with E-state index in [1.165, 1.54) is 24.3 Å². The number of likely N-dealkylation sites (tertiary alicyclic amines) is 1. The van der Waals surface area contributed by atoms with Crippen LogP contribution in [0.15, 0.2) is 41.6 Å². The third kappa shape index (κ3) is 5.20. The van der Waals surface area contributed by atoms with Crippen molar-refractivity contribution in [2.45, 2.75) is 30.3 Å². The number of hydrogen-bond donors (Lipinski definition) is 0. The molecule has 2 aliphatic heterocycles. The van der Waals surface area contributed by atoms with Gasteiger partial charge in [-0.25, -0.2) is 17.2 Å². The maximum Gasteiger partial charge on any atom is 0.435 e. The van der Waals surface area contributed by atoms with E-state index < -0.39 is 55.1 Å². The average molecular weight is 571 g/mol. The van der Waals surface area contributed by atoms with Crippen molar-refractivity contribution in [3.8, 4) is 0 Å². The molecule has 0 N–H and O–H groups in total. The van der Waals surface area contributed by atoms with Crippen molar-refractivity contribution < 1.29 is 35.2 Å². The van der Waals surface area contributed by atoms with Crippen LogP contribution in [0.1, 0.15) is 29.5 Å². The Labute approximate surface area is 214 Å². The minimum absolute atomic E-state index is 0.0252. The third-order valence-electron chi connectivity index (χ3n) is 6.31. The van der Waals surface area contributed by atoms with Gasteiger partial charge in [0, 0.05) is 31.3 Å². The van der Waals surface area contributed by atoms with Crippen LogP contribution >= 0.6 is 23.2 Å². The number of oxime groups is 1. The molecule has 0 amide bonds. The second-order valence-corrected chi connectivity index (χ2v) is 12.2. The van der Waals surface area contributed by atoms with Gasteiger partial charge in [0.05, 0.1) is 21.5 Å². The molecule has 196 valence electrons. The predicted molar refractivity (Wildman–Crippen MR) is 126 cm³/mol. The van der Waals surface area contributed by atoms with Crippen molar-refractivity contribution in [1.82, 2.24) is 4.90 Å². The van der Waals surface area contributed by atoms with Gasteiger partial charge in [-0.05, 0) is 36.2 Å². The summed E-state index contributed by atoms with van der Waals surface area (Å²) in [5.74, 6) is -1.02. The molecule has 0 aliphatic carbocycles. The Morgan fingerprint density at radius 2 is 1.67 bits per heavy atom. The molecule has 4 rings (SSSR count). The first-order valence-corrected chi connectivity index (χ1v) is 13.6. The van der Waals surface area contributed by atoms with Gasteiger partial charge < -0.3 is 4.84 Å². The van der Waals surface area contributed by atoms with E-state index >= 15 is 4.39 Å². The third-order valence-corrected chi connectivity index (χ3v) is 7.89. The van der Waals surface area contributed by atoms with E-state index in [-0.39, 0.29) is 24.6 Å². The fraction of sp³-hybridized carbons (Fsp3) is 0.435.